The maximum absolute atomic E-state index is 13.9. The Labute approximate surface area is 144 Å². The summed E-state index contributed by atoms with van der Waals surface area (Å²) in [5, 5.41) is 1.46. The summed E-state index contributed by atoms with van der Waals surface area (Å²) in [6, 6.07) is 16.4. The molecule has 1 unspecified atom stereocenters. The number of rotatable bonds is 2. The Morgan fingerprint density at radius 1 is 0.952 bits per heavy atom. The molecule has 0 amide bonds. The summed E-state index contributed by atoms with van der Waals surface area (Å²) < 4.78 is 16.0. The topological polar surface area (TPSA) is 26.0 Å². The van der Waals surface area contributed by atoms with Crippen molar-refractivity contribution in [2.24, 2.45) is 5.73 Å². The molecule has 0 aromatic heterocycles. The van der Waals surface area contributed by atoms with Gasteiger partial charge in [0.1, 0.15) is 5.82 Å². The number of benzene rings is 3. The average molecular weight is 456 g/mol. The maximum Gasteiger partial charge on any atom is 0.131 e. The second kappa shape index (κ2) is 6.02. The van der Waals surface area contributed by atoms with Crippen molar-refractivity contribution < 1.29 is 4.39 Å². The van der Waals surface area contributed by atoms with Crippen molar-refractivity contribution in [3.05, 3.63) is 79.6 Å². The van der Waals surface area contributed by atoms with E-state index in [4.69, 9.17) is 5.73 Å². The van der Waals surface area contributed by atoms with Gasteiger partial charge in [0.2, 0.25) is 0 Å². The average Bonchev–Trinajstić information content (AvgIpc) is 2.50. The summed E-state index contributed by atoms with van der Waals surface area (Å²) in [6.07, 6.45) is 0. The van der Waals surface area contributed by atoms with E-state index >= 15 is 0 Å². The number of halogens is 3. The normalized spacial score (nSPS) is 12.6. The van der Waals surface area contributed by atoms with Crippen LogP contribution in [0.5, 0.6) is 0 Å². The molecule has 0 aliphatic heterocycles. The minimum atomic E-state index is -0.306. The summed E-state index contributed by atoms with van der Waals surface area (Å²) in [6.45, 7) is 0. The molecule has 0 heterocycles. The largest absolute Gasteiger partial charge is 0.320 e. The van der Waals surface area contributed by atoms with Gasteiger partial charge in [-0.25, -0.2) is 4.39 Å². The fourth-order valence-electron chi connectivity index (χ4n) is 2.48. The zero-order valence-electron chi connectivity index (χ0n) is 11.0. The molecule has 0 aliphatic rings. The molecule has 0 radical (unpaired) electrons. The van der Waals surface area contributed by atoms with Gasteiger partial charge in [-0.2, -0.15) is 0 Å². The molecule has 1 atom stereocenters. The van der Waals surface area contributed by atoms with E-state index in [0.717, 1.165) is 24.6 Å². The Bertz CT molecular complexity index is 819. The predicted octanol–water partition coefficient (Wildman–Crippen LogP) is 5.39. The van der Waals surface area contributed by atoms with Crippen LogP contribution >= 0.6 is 38.5 Å². The molecule has 0 fully saturated rings. The lowest BCUT2D eigenvalue weighted by molar-refractivity contribution is 0.639. The minimum absolute atomic E-state index is 0.219. The van der Waals surface area contributed by atoms with Crippen molar-refractivity contribution in [3.8, 4) is 0 Å². The van der Waals surface area contributed by atoms with Gasteiger partial charge < -0.3 is 5.73 Å². The fourth-order valence-corrected chi connectivity index (χ4v) is 3.49. The molecule has 0 bridgehead atoms. The quantitative estimate of drug-likeness (QED) is 0.515. The van der Waals surface area contributed by atoms with Crippen LogP contribution in [0.25, 0.3) is 10.8 Å². The second-order valence-electron chi connectivity index (χ2n) is 4.83. The van der Waals surface area contributed by atoms with Crippen LogP contribution in [-0.4, -0.2) is 0 Å². The Hall–Kier alpha value is -0.980. The van der Waals surface area contributed by atoms with Crippen LogP contribution in [0.2, 0.25) is 0 Å². The highest BCUT2D eigenvalue weighted by molar-refractivity contribution is 14.1. The van der Waals surface area contributed by atoms with E-state index in [-0.39, 0.29) is 11.9 Å². The van der Waals surface area contributed by atoms with Gasteiger partial charge in [-0.05, 0) is 63.4 Å². The van der Waals surface area contributed by atoms with E-state index in [2.05, 4.69) is 38.5 Å². The Kier molecular flexibility index (Phi) is 4.28. The third-order valence-electron chi connectivity index (χ3n) is 3.53. The molecule has 3 rings (SSSR count). The lowest BCUT2D eigenvalue weighted by Gasteiger charge is -2.17. The van der Waals surface area contributed by atoms with Crippen molar-refractivity contribution in [2.75, 3.05) is 0 Å². The highest BCUT2D eigenvalue weighted by Gasteiger charge is 2.16. The monoisotopic (exact) mass is 455 g/mol. The van der Waals surface area contributed by atoms with Crippen molar-refractivity contribution >= 4 is 49.3 Å². The smallest absolute Gasteiger partial charge is 0.131 e. The van der Waals surface area contributed by atoms with Gasteiger partial charge in [-0.15, -0.1) is 0 Å². The Morgan fingerprint density at radius 3 is 2.43 bits per heavy atom. The van der Waals surface area contributed by atoms with Crippen molar-refractivity contribution in [3.63, 3.8) is 0 Å². The van der Waals surface area contributed by atoms with E-state index in [1.807, 2.05) is 36.4 Å². The highest BCUT2D eigenvalue weighted by Crippen LogP contribution is 2.33. The molecule has 0 saturated carbocycles. The molecule has 1 nitrogen and oxygen atoms in total. The lowest BCUT2D eigenvalue weighted by Crippen LogP contribution is -2.13. The molecule has 0 spiro atoms. The summed E-state index contributed by atoms with van der Waals surface area (Å²) in [7, 11) is 0. The van der Waals surface area contributed by atoms with Gasteiger partial charge in [-0.1, -0.05) is 46.3 Å². The summed E-state index contributed by atoms with van der Waals surface area (Å²) in [5.41, 5.74) is 8.37. The molecule has 4 heteroatoms. The van der Waals surface area contributed by atoms with Gasteiger partial charge >= 0.3 is 0 Å². The minimum Gasteiger partial charge on any atom is -0.320 e. The van der Waals surface area contributed by atoms with Crippen LogP contribution in [0.4, 0.5) is 4.39 Å². The third-order valence-corrected chi connectivity index (χ3v) is 4.93. The van der Waals surface area contributed by atoms with E-state index in [9.17, 15) is 4.39 Å². The molecule has 0 aliphatic carbocycles. The third kappa shape index (κ3) is 2.84. The fraction of sp³-hybridized carbons (Fsp3) is 0.0588. The van der Waals surface area contributed by atoms with E-state index in [1.54, 1.807) is 12.1 Å². The molecule has 2 N–H and O–H groups in total. The van der Waals surface area contributed by atoms with Gasteiger partial charge in [-0.3, -0.25) is 0 Å². The standard InChI is InChI=1S/C17H12BrFIN/c18-15-7-5-10(20)9-14(15)17(21)13-6-8-16(19)12-4-2-1-3-11(12)13/h1-9,17H,21H2. The first-order chi connectivity index (χ1) is 10.1. The van der Waals surface area contributed by atoms with Crippen molar-refractivity contribution in [1.29, 1.82) is 0 Å². The van der Waals surface area contributed by atoms with Crippen LogP contribution in [0.3, 0.4) is 0 Å². The predicted molar refractivity (Wildman–Crippen MR) is 96.8 cm³/mol. The molecule has 0 saturated heterocycles. The molecule has 106 valence electrons. The van der Waals surface area contributed by atoms with Crippen molar-refractivity contribution in [2.45, 2.75) is 6.04 Å². The van der Waals surface area contributed by atoms with Gasteiger partial charge in [0.05, 0.1) is 6.04 Å². The van der Waals surface area contributed by atoms with Gasteiger partial charge in [0.25, 0.3) is 0 Å². The van der Waals surface area contributed by atoms with Gasteiger partial charge in [0.15, 0.2) is 0 Å². The molecular weight excluding hydrogens is 444 g/mol. The molecule has 3 aromatic carbocycles. The van der Waals surface area contributed by atoms with E-state index in [0.29, 0.717) is 5.39 Å². The number of hydrogen-bond donors (Lipinski definition) is 1. The molecule has 21 heavy (non-hydrogen) atoms. The number of nitrogens with two attached hydrogens (primary N) is 1. The van der Waals surface area contributed by atoms with Gasteiger partial charge in [0, 0.05) is 13.4 Å². The van der Waals surface area contributed by atoms with Crippen LogP contribution in [-0.2, 0) is 0 Å². The van der Waals surface area contributed by atoms with Crippen molar-refractivity contribution in [1.82, 2.24) is 0 Å². The van der Waals surface area contributed by atoms with Crippen LogP contribution < -0.4 is 5.73 Å². The first-order valence-electron chi connectivity index (χ1n) is 6.45. The summed E-state index contributed by atoms with van der Waals surface area (Å²) >= 11 is 5.81. The lowest BCUT2D eigenvalue weighted by atomic mass is 9.94. The van der Waals surface area contributed by atoms with Crippen LogP contribution in [0.1, 0.15) is 17.2 Å². The number of fused-ring (bicyclic) bond motifs is 1. The Balaban J connectivity index is 2.20. The zero-order valence-corrected chi connectivity index (χ0v) is 14.7. The van der Waals surface area contributed by atoms with E-state index in [1.165, 1.54) is 6.07 Å². The molecule has 3 aromatic rings. The second-order valence-corrected chi connectivity index (χ2v) is 6.93. The SMILES string of the molecule is NC(c1cc(I)ccc1Br)c1ccc(F)c2ccccc12. The first kappa shape index (κ1) is 14.9. The zero-order chi connectivity index (χ0) is 15.0. The van der Waals surface area contributed by atoms with E-state index < -0.39 is 0 Å². The first-order valence-corrected chi connectivity index (χ1v) is 8.33. The highest BCUT2D eigenvalue weighted by atomic mass is 127. The van der Waals surface area contributed by atoms with Crippen LogP contribution in [0, 0.1) is 9.39 Å². The maximum atomic E-state index is 13.9. The Morgan fingerprint density at radius 2 is 1.67 bits per heavy atom. The summed E-state index contributed by atoms with van der Waals surface area (Å²) in [5.74, 6) is -0.219. The number of hydrogen-bond acceptors (Lipinski definition) is 1. The molecular formula is C17H12BrFIN. The summed E-state index contributed by atoms with van der Waals surface area (Å²) in [4.78, 5) is 0. The van der Waals surface area contributed by atoms with Crippen LogP contribution in [0.15, 0.2) is 59.1 Å².